The molecular formula is C20H24N4O3. The fourth-order valence-electron chi connectivity index (χ4n) is 3.82. The first-order valence-electron chi connectivity index (χ1n) is 9.23. The number of aryl methyl sites for hydroxylation is 2. The Morgan fingerprint density at radius 3 is 2.70 bits per heavy atom. The van der Waals surface area contributed by atoms with E-state index >= 15 is 0 Å². The van der Waals surface area contributed by atoms with Crippen molar-refractivity contribution in [3.05, 3.63) is 46.4 Å². The van der Waals surface area contributed by atoms with E-state index in [2.05, 4.69) is 10.2 Å². The quantitative estimate of drug-likeness (QED) is 0.749. The summed E-state index contributed by atoms with van der Waals surface area (Å²) in [6.07, 6.45) is 1.64. The van der Waals surface area contributed by atoms with Gasteiger partial charge in [-0.15, -0.1) is 0 Å². The van der Waals surface area contributed by atoms with Gasteiger partial charge in [0.1, 0.15) is 5.52 Å². The van der Waals surface area contributed by atoms with Gasteiger partial charge in [0, 0.05) is 62.8 Å². The van der Waals surface area contributed by atoms with Crippen molar-refractivity contribution in [2.45, 2.75) is 0 Å². The van der Waals surface area contributed by atoms with Crippen LogP contribution in [0.15, 0.2) is 35.3 Å². The number of carbonyl (C=O) groups is 1. The fourth-order valence-corrected chi connectivity index (χ4v) is 3.82. The van der Waals surface area contributed by atoms with Gasteiger partial charge in [0.2, 0.25) is 0 Å². The Labute approximate surface area is 157 Å². The second kappa shape index (κ2) is 7.17. The first kappa shape index (κ1) is 17.8. The smallest absolute Gasteiger partial charge is 0.274 e. The van der Waals surface area contributed by atoms with Gasteiger partial charge in [-0.3, -0.25) is 14.5 Å². The van der Waals surface area contributed by atoms with Gasteiger partial charge in [-0.1, -0.05) is 18.2 Å². The molecule has 27 heavy (non-hydrogen) atoms. The third-order valence-electron chi connectivity index (χ3n) is 5.28. The van der Waals surface area contributed by atoms with Crippen LogP contribution in [0.1, 0.15) is 10.4 Å². The van der Waals surface area contributed by atoms with Crippen LogP contribution in [0.5, 0.6) is 0 Å². The van der Waals surface area contributed by atoms with Crippen molar-refractivity contribution in [3.63, 3.8) is 0 Å². The molecule has 0 unspecified atom stereocenters. The lowest BCUT2D eigenvalue weighted by atomic mass is 10.1. The maximum Gasteiger partial charge on any atom is 0.274 e. The lowest BCUT2D eigenvalue weighted by Crippen LogP contribution is -2.41. The second-order valence-corrected chi connectivity index (χ2v) is 6.97. The third kappa shape index (κ3) is 3.13. The standard InChI is InChI=1S/C20H24N4O3/c1-22-13-15(19(25)21-7-8-24-9-11-27-12-10-24)17-14-5-3-4-6-16(14)23(2)18(17)20(22)26/h3-6,13H,7-12H2,1-2H3,(H,21,25). The number of fused-ring (bicyclic) bond motifs is 3. The van der Waals surface area contributed by atoms with E-state index in [9.17, 15) is 9.59 Å². The average Bonchev–Trinajstić information content (AvgIpc) is 2.99. The lowest BCUT2D eigenvalue weighted by Gasteiger charge is -2.26. The number of morpholine rings is 1. The molecule has 1 aliphatic rings. The minimum atomic E-state index is -0.153. The van der Waals surface area contributed by atoms with Crippen molar-refractivity contribution in [1.29, 1.82) is 0 Å². The Morgan fingerprint density at radius 2 is 1.93 bits per heavy atom. The summed E-state index contributed by atoms with van der Waals surface area (Å²) in [5.41, 5.74) is 1.93. The number of benzene rings is 1. The van der Waals surface area contributed by atoms with Gasteiger partial charge in [-0.05, 0) is 6.07 Å². The number of pyridine rings is 1. The number of para-hydroxylation sites is 1. The summed E-state index contributed by atoms with van der Waals surface area (Å²) in [4.78, 5) is 27.9. The molecule has 1 N–H and O–H groups in total. The molecule has 0 atom stereocenters. The van der Waals surface area contributed by atoms with Crippen LogP contribution in [0.4, 0.5) is 0 Å². The van der Waals surface area contributed by atoms with Gasteiger partial charge >= 0.3 is 0 Å². The molecule has 0 aliphatic carbocycles. The Bertz CT molecular complexity index is 1060. The van der Waals surface area contributed by atoms with Crippen molar-refractivity contribution in [2.24, 2.45) is 14.1 Å². The number of ether oxygens (including phenoxy) is 1. The van der Waals surface area contributed by atoms with Gasteiger partial charge in [0.15, 0.2) is 0 Å². The molecule has 7 nitrogen and oxygen atoms in total. The SMILES string of the molecule is Cn1cc(C(=O)NCCN2CCOCC2)c2c3ccccc3n(C)c2c1=O. The van der Waals surface area contributed by atoms with E-state index in [4.69, 9.17) is 4.74 Å². The monoisotopic (exact) mass is 368 g/mol. The number of carbonyl (C=O) groups excluding carboxylic acids is 1. The van der Waals surface area contributed by atoms with Crippen molar-refractivity contribution >= 4 is 27.7 Å². The molecule has 0 radical (unpaired) electrons. The highest BCUT2D eigenvalue weighted by Crippen LogP contribution is 2.28. The number of aromatic nitrogens is 2. The summed E-state index contributed by atoms with van der Waals surface area (Å²) in [5, 5.41) is 4.66. The molecule has 0 bridgehead atoms. The molecule has 3 heterocycles. The molecule has 0 spiro atoms. The second-order valence-electron chi connectivity index (χ2n) is 6.97. The maximum absolute atomic E-state index is 12.9. The van der Waals surface area contributed by atoms with Crippen molar-refractivity contribution < 1.29 is 9.53 Å². The molecule has 3 aromatic rings. The largest absolute Gasteiger partial charge is 0.379 e. The van der Waals surface area contributed by atoms with Crippen molar-refractivity contribution in [1.82, 2.24) is 19.4 Å². The first-order valence-corrected chi connectivity index (χ1v) is 9.23. The van der Waals surface area contributed by atoms with E-state index in [1.54, 1.807) is 13.2 Å². The number of nitrogens with zero attached hydrogens (tertiary/aromatic N) is 3. The zero-order chi connectivity index (χ0) is 19.0. The minimum absolute atomic E-state index is 0.103. The van der Waals surface area contributed by atoms with Crippen LogP contribution >= 0.6 is 0 Å². The molecule has 1 saturated heterocycles. The Hall–Kier alpha value is -2.64. The number of amides is 1. The molecule has 4 rings (SSSR count). The number of hydrogen-bond acceptors (Lipinski definition) is 4. The van der Waals surface area contributed by atoms with Gasteiger partial charge in [0.05, 0.1) is 18.8 Å². The average molecular weight is 368 g/mol. The van der Waals surface area contributed by atoms with Crippen LogP contribution < -0.4 is 10.9 Å². The van der Waals surface area contributed by atoms with Crippen molar-refractivity contribution in [3.8, 4) is 0 Å². The van der Waals surface area contributed by atoms with Crippen LogP contribution in [0, 0.1) is 0 Å². The van der Waals surface area contributed by atoms with Crippen LogP contribution in [0.2, 0.25) is 0 Å². The van der Waals surface area contributed by atoms with Crippen LogP contribution in [0.3, 0.4) is 0 Å². The Balaban J connectivity index is 1.68. The van der Waals surface area contributed by atoms with Gasteiger partial charge < -0.3 is 19.2 Å². The zero-order valence-corrected chi connectivity index (χ0v) is 15.7. The molecule has 0 saturated carbocycles. The third-order valence-corrected chi connectivity index (χ3v) is 5.28. The molecule has 7 heteroatoms. The van der Waals surface area contributed by atoms with Crippen LogP contribution in [-0.4, -0.2) is 59.3 Å². The molecule has 1 amide bonds. The predicted molar refractivity (Wildman–Crippen MR) is 105 cm³/mol. The summed E-state index contributed by atoms with van der Waals surface area (Å²) in [5.74, 6) is -0.153. The lowest BCUT2D eigenvalue weighted by molar-refractivity contribution is 0.0383. The topological polar surface area (TPSA) is 68.5 Å². The van der Waals surface area contributed by atoms with Crippen molar-refractivity contribution in [2.75, 3.05) is 39.4 Å². The minimum Gasteiger partial charge on any atom is -0.379 e. The summed E-state index contributed by atoms with van der Waals surface area (Å²) in [6, 6.07) is 7.80. The Morgan fingerprint density at radius 1 is 1.19 bits per heavy atom. The van der Waals surface area contributed by atoms with Crippen LogP contribution in [0.25, 0.3) is 21.8 Å². The van der Waals surface area contributed by atoms with E-state index < -0.39 is 0 Å². The van der Waals surface area contributed by atoms with E-state index in [1.807, 2.05) is 35.9 Å². The summed E-state index contributed by atoms with van der Waals surface area (Å²) in [6.45, 7) is 4.62. The van der Waals surface area contributed by atoms with Crippen LogP contribution in [-0.2, 0) is 18.8 Å². The van der Waals surface area contributed by atoms with E-state index in [-0.39, 0.29) is 11.5 Å². The summed E-state index contributed by atoms with van der Waals surface area (Å²) < 4.78 is 8.71. The predicted octanol–water partition coefficient (Wildman–Crippen LogP) is 1.09. The summed E-state index contributed by atoms with van der Waals surface area (Å²) in [7, 11) is 3.55. The first-order chi connectivity index (χ1) is 13.1. The molecule has 142 valence electrons. The molecule has 2 aromatic heterocycles. The highest BCUT2D eigenvalue weighted by molar-refractivity contribution is 6.17. The number of rotatable bonds is 4. The highest BCUT2D eigenvalue weighted by atomic mass is 16.5. The Kier molecular flexibility index (Phi) is 4.72. The molecule has 1 fully saturated rings. The van der Waals surface area contributed by atoms with E-state index in [0.717, 1.165) is 49.1 Å². The zero-order valence-electron chi connectivity index (χ0n) is 15.7. The van der Waals surface area contributed by atoms with E-state index in [1.165, 1.54) is 4.57 Å². The maximum atomic E-state index is 12.9. The van der Waals surface area contributed by atoms with Gasteiger partial charge in [-0.2, -0.15) is 0 Å². The van der Waals surface area contributed by atoms with E-state index in [0.29, 0.717) is 17.6 Å². The fraction of sp³-hybridized carbons (Fsp3) is 0.400. The number of nitrogens with one attached hydrogen (secondary N) is 1. The van der Waals surface area contributed by atoms with Gasteiger partial charge in [0.25, 0.3) is 11.5 Å². The molecule has 1 aliphatic heterocycles. The molecule has 1 aromatic carbocycles. The summed E-state index contributed by atoms with van der Waals surface area (Å²) >= 11 is 0. The molecular weight excluding hydrogens is 344 g/mol. The highest BCUT2D eigenvalue weighted by Gasteiger charge is 2.20. The van der Waals surface area contributed by atoms with Gasteiger partial charge in [-0.25, -0.2) is 0 Å². The number of hydrogen-bond donors (Lipinski definition) is 1. The normalized spacial score (nSPS) is 15.5.